The first-order valence-corrected chi connectivity index (χ1v) is 6.00. The van der Waals surface area contributed by atoms with Gasteiger partial charge in [0, 0.05) is 10.9 Å². The molecule has 4 nitrogen and oxygen atoms in total. The number of thiazole rings is 1. The number of hydrogen-bond acceptors (Lipinski definition) is 4. The standard InChI is InChI=1S/C12H11NO3S/c1-2-16-9-5-3-8(4-6-9)11-13-10(7-17-11)12(14)15/h3-7H,2H2,1H3,(H,14,15). The fraction of sp³-hybridized carbons (Fsp3) is 0.167. The van der Waals surface area contributed by atoms with Gasteiger partial charge in [-0.05, 0) is 31.2 Å². The lowest BCUT2D eigenvalue weighted by molar-refractivity contribution is 0.0691. The van der Waals surface area contributed by atoms with Crippen LogP contribution in [0.5, 0.6) is 5.75 Å². The van der Waals surface area contributed by atoms with Crippen molar-refractivity contribution in [1.29, 1.82) is 0 Å². The number of carboxylic acid groups (broad SMARTS) is 1. The fourth-order valence-corrected chi connectivity index (χ4v) is 2.16. The van der Waals surface area contributed by atoms with Crippen LogP contribution in [0.15, 0.2) is 29.6 Å². The van der Waals surface area contributed by atoms with E-state index in [1.54, 1.807) is 0 Å². The number of benzene rings is 1. The third-order valence-corrected chi connectivity index (χ3v) is 3.03. The minimum absolute atomic E-state index is 0.0823. The van der Waals surface area contributed by atoms with Crippen LogP contribution in [0.25, 0.3) is 10.6 Å². The van der Waals surface area contributed by atoms with Gasteiger partial charge in [-0.15, -0.1) is 11.3 Å². The fourth-order valence-electron chi connectivity index (χ4n) is 1.36. The molecule has 0 radical (unpaired) electrons. The molecule has 88 valence electrons. The summed E-state index contributed by atoms with van der Waals surface area (Å²) in [6, 6.07) is 7.44. The van der Waals surface area contributed by atoms with Crippen molar-refractivity contribution in [2.45, 2.75) is 6.92 Å². The van der Waals surface area contributed by atoms with Crippen molar-refractivity contribution < 1.29 is 14.6 Å². The normalized spacial score (nSPS) is 10.2. The van der Waals surface area contributed by atoms with Crippen molar-refractivity contribution in [2.24, 2.45) is 0 Å². The average molecular weight is 249 g/mol. The largest absolute Gasteiger partial charge is 0.494 e. The first-order chi connectivity index (χ1) is 8.20. The zero-order chi connectivity index (χ0) is 12.3. The molecule has 0 aliphatic rings. The van der Waals surface area contributed by atoms with Crippen molar-refractivity contribution in [1.82, 2.24) is 4.98 Å². The van der Waals surface area contributed by atoms with Crippen LogP contribution >= 0.6 is 11.3 Å². The zero-order valence-corrected chi connectivity index (χ0v) is 10.0. The molecule has 5 heteroatoms. The first-order valence-electron chi connectivity index (χ1n) is 5.12. The Hall–Kier alpha value is -1.88. The van der Waals surface area contributed by atoms with E-state index in [4.69, 9.17) is 9.84 Å². The molecule has 2 aromatic rings. The number of aromatic nitrogens is 1. The molecule has 2 rings (SSSR count). The smallest absolute Gasteiger partial charge is 0.355 e. The number of ether oxygens (including phenoxy) is 1. The first kappa shape index (κ1) is 11.6. The Labute approximate surface area is 103 Å². The minimum Gasteiger partial charge on any atom is -0.494 e. The van der Waals surface area contributed by atoms with Gasteiger partial charge in [-0.1, -0.05) is 0 Å². The SMILES string of the molecule is CCOc1ccc(-c2nc(C(=O)O)cs2)cc1. The highest BCUT2D eigenvalue weighted by atomic mass is 32.1. The number of rotatable bonds is 4. The average Bonchev–Trinajstić information content (AvgIpc) is 2.80. The lowest BCUT2D eigenvalue weighted by Gasteiger charge is -2.02. The number of hydrogen-bond donors (Lipinski definition) is 1. The van der Waals surface area contributed by atoms with Gasteiger partial charge in [0.2, 0.25) is 0 Å². The predicted molar refractivity (Wildman–Crippen MR) is 65.7 cm³/mol. The molecule has 0 atom stereocenters. The van der Waals surface area contributed by atoms with E-state index in [9.17, 15) is 4.79 Å². The van der Waals surface area contributed by atoms with Gasteiger partial charge in [0.25, 0.3) is 0 Å². The number of carboxylic acids is 1. The predicted octanol–water partition coefficient (Wildman–Crippen LogP) is 2.91. The molecule has 1 heterocycles. The molecule has 0 amide bonds. The lowest BCUT2D eigenvalue weighted by atomic mass is 10.2. The van der Waals surface area contributed by atoms with Gasteiger partial charge in [-0.3, -0.25) is 0 Å². The van der Waals surface area contributed by atoms with Crippen LogP contribution in [0.3, 0.4) is 0 Å². The maximum Gasteiger partial charge on any atom is 0.355 e. The highest BCUT2D eigenvalue weighted by Crippen LogP contribution is 2.25. The van der Waals surface area contributed by atoms with Crippen molar-refractivity contribution in [3.05, 3.63) is 35.3 Å². The van der Waals surface area contributed by atoms with Crippen LogP contribution in [0, 0.1) is 0 Å². The van der Waals surface area contributed by atoms with Gasteiger partial charge >= 0.3 is 5.97 Å². The highest BCUT2D eigenvalue weighted by molar-refractivity contribution is 7.13. The van der Waals surface area contributed by atoms with Crippen molar-refractivity contribution >= 4 is 17.3 Å². The molecule has 1 N–H and O–H groups in total. The van der Waals surface area contributed by atoms with E-state index < -0.39 is 5.97 Å². The molecule has 1 aromatic heterocycles. The molecule has 0 aliphatic heterocycles. The Morgan fingerprint density at radius 3 is 2.65 bits per heavy atom. The van der Waals surface area contributed by atoms with Crippen molar-refractivity contribution in [2.75, 3.05) is 6.61 Å². The lowest BCUT2D eigenvalue weighted by Crippen LogP contribution is -1.95. The summed E-state index contributed by atoms with van der Waals surface area (Å²) in [7, 11) is 0. The van der Waals surface area contributed by atoms with E-state index in [-0.39, 0.29) is 5.69 Å². The van der Waals surface area contributed by atoms with E-state index in [0.29, 0.717) is 11.6 Å². The monoisotopic (exact) mass is 249 g/mol. The summed E-state index contributed by atoms with van der Waals surface area (Å²) in [5, 5.41) is 11.0. The molecule has 0 spiro atoms. The topological polar surface area (TPSA) is 59.4 Å². The third kappa shape index (κ3) is 2.62. The number of aromatic carboxylic acids is 1. The third-order valence-electron chi connectivity index (χ3n) is 2.14. The minimum atomic E-state index is -1.00. The molecule has 0 bridgehead atoms. The molecule has 0 aliphatic carbocycles. The van der Waals surface area contributed by atoms with Gasteiger partial charge < -0.3 is 9.84 Å². The van der Waals surface area contributed by atoms with Crippen LogP contribution in [-0.4, -0.2) is 22.7 Å². The summed E-state index contributed by atoms with van der Waals surface area (Å²) in [4.78, 5) is 14.7. The van der Waals surface area contributed by atoms with E-state index in [1.807, 2.05) is 31.2 Å². The number of nitrogens with zero attached hydrogens (tertiary/aromatic N) is 1. The summed E-state index contributed by atoms with van der Waals surface area (Å²) in [6.07, 6.45) is 0. The Morgan fingerprint density at radius 1 is 1.41 bits per heavy atom. The van der Waals surface area contributed by atoms with Crippen LogP contribution < -0.4 is 4.74 Å². The summed E-state index contributed by atoms with van der Waals surface area (Å²) in [5.74, 6) is -0.204. The highest BCUT2D eigenvalue weighted by Gasteiger charge is 2.09. The van der Waals surface area contributed by atoms with E-state index in [0.717, 1.165) is 11.3 Å². The summed E-state index contributed by atoms with van der Waals surface area (Å²) in [5.41, 5.74) is 0.977. The van der Waals surface area contributed by atoms with Gasteiger partial charge in [-0.25, -0.2) is 9.78 Å². The summed E-state index contributed by atoms with van der Waals surface area (Å²) < 4.78 is 5.33. The Balaban J connectivity index is 2.23. The molecular formula is C12H11NO3S. The summed E-state index contributed by atoms with van der Waals surface area (Å²) >= 11 is 1.32. The van der Waals surface area contributed by atoms with Gasteiger partial charge in [0.05, 0.1) is 6.61 Å². The molecule has 0 fully saturated rings. The Bertz CT molecular complexity index is 519. The van der Waals surface area contributed by atoms with Crippen LogP contribution in [0.4, 0.5) is 0 Å². The second-order valence-corrected chi connectivity index (χ2v) is 4.16. The van der Waals surface area contributed by atoms with Crippen molar-refractivity contribution in [3.8, 4) is 16.3 Å². The van der Waals surface area contributed by atoms with Crippen LogP contribution in [0.1, 0.15) is 17.4 Å². The zero-order valence-electron chi connectivity index (χ0n) is 9.21. The maximum absolute atomic E-state index is 10.7. The van der Waals surface area contributed by atoms with E-state index >= 15 is 0 Å². The molecule has 1 aromatic carbocycles. The molecule has 0 saturated heterocycles. The maximum atomic E-state index is 10.7. The van der Waals surface area contributed by atoms with E-state index in [1.165, 1.54) is 16.7 Å². The second kappa shape index (κ2) is 4.97. The Morgan fingerprint density at radius 2 is 2.12 bits per heavy atom. The van der Waals surface area contributed by atoms with Gasteiger partial charge in [0.1, 0.15) is 10.8 Å². The molecule has 17 heavy (non-hydrogen) atoms. The summed E-state index contributed by atoms with van der Waals surface area (Å²) in [6.45, 7) is 2.55. The van der Waals surface area contributed by atoms with Crippen LogP contribution in [0.2, 0.25) is 0 Å². The van der Waals surface area contributed by atoms with E-state index in [2.05, 4.69) is 4.98 Å². The number of carbonyl (C=O) groups is 1. The molecule has 0 unspecified atom stereocenters. The van der Waals surface area contributed by atoms with Crippen LogP contribution in [-0.2, 0) is 0 Å². The van der Waals surface area contributed by atoms with Gasteiger partial charge in [-0.2, -0.15) is 0 Å². The quantitative estimate of drug-likeness (QED) is 0.905. The second-order valence-electron chi connectivity index (χ2n) is 3.30. The van der Waals surface area contributed by atoms with Gasteiger partial charge in [0.15, 0.2) is 5.69 Å². The molecule has 0 saturated carbocycles. The molecular weight excluding hydrogens is 238 g/mol. The van der Waals surface area contributed by atoms with Crippen molar-refractivity contribution in [3.63, 3.8) is 0 Å². The Kier molecular flexibility index (Phi) is 3.39.